The molecule has 6 nitrogen and oxygen atoms in total. The van der Waals surface area contributed by atoms with Crippen LogP contribution in [-0.2, 0) is 28.5 Å². The molecule has 1 saturated heterocycles. The number of Topliss-reactive ketones (excluding diaryl/α,β-unsaturated/α-hetero) is 1. The van der Waals surface area contributed by atoms with Gasteiger partial charge in [-0.15, -0.1) is 0 Å². The lowest BCUT2D eigenvalue weighted by Gasteiger charge is -2.33. The van der Waals surface area contributed by atoms with Crippen LogP contribution in [0.25, 0.3) is 0 Å². The van der Waals surface area contributed by atoms with Crippen molar-refractivity contribution in [3.8, 4) is 0 Å². The maximum absolute atomic E-state index is 13.3. The number of rotatable bonds is 10. The first-order valence-corrected chi connectivity index (χ1v) is 11.7. The van der Waals surface area contributed by atoms with Gasteiger partial charge in [0, 0.05) is 52.8 Å². The lowest BCUT2D eigenvalue weighted by molar-refractivity contribution is -0.141. The number of likely N-dealkylation sites (N-methyl/N-ethyl adjacent to an activating group) is 1. The molecule has 9 heteroatoms. The Bertz CT molecular complexity index is 942. The zero-order chi connectivity index (χ0) is 24.7. The summed E-state index contributed by atoms with van der Waals surface area (Å²) < 4.78 is 44.9. The van der Waals surface area contributed by atoms with Gasteiger partial charge in [-0.25, -0.2) is 9.97 Å². The summed E-state index contributed by atoms with van der Waals surface area (Å²) in [7, 11) is 3.57. The van der Waals surface area contributed by atoms with E-state index >= 15 is 0 Å². The van der Waals surface area contributed by atoms with E-state index in [4.69, 9.17) is 4.74 Å². The summed E-state index contributed by atoms with van der Waals surface area (Å²) >= 11 is 0. The van der Waals surface area contributed by atoms with Gasteiger partial charge in [-0.1, -0.05) is 19.1 Å². The molecule has 0 aromatic carbocycles. The van der Waals surface area contributed by atoms with Crippen molar-refractivity contribution in [2.45, 2.75) is 45.2 Å². The van der Waals surface area contributed by atoms with Gasteiger partial charge < -0.3 is 14.5 Å². The maximum atomic E-state index is 13.3. The summed E-state index contributed by atoms with van der Waals surface area (Å²) in [6.07, 6.45) is -0.143. The summed E-state index contributed by atoms with van der Waals surface area (Å²) in [5.74, 6) is 1.72. The minimum absolute atomic E-state index is 0.0143. The fourth-order valence-electron chi connectivity index (χ4n) is 4.00. The number of hydrogen-bond acceptors (Lipinski definition) is 6. The third kappa shape index (κ3) is 7.16. The molecule has 0 bridgehead atoms. The Morgan fingerprint density at radius 3 is 2.56 bits per heavy atom. The van der Waals surface area contributed by atoms with Crippen molar-refractivity contribution in [3.05, 3.63) is 47.3 Å². The number of pyridine rings is 2. The second kappa shape index (κ2) is 11.6. The van der Waals surface area contributed by atoms with Crippen molar-refractivity contribution < 1.29 is 22.7 Å². The van der Waals surface area contributed by atoms with Crippen LogP contribution in [-0.4, -0.2) is 56.1 Å². The average molecular weight is 479 g/mol. The number of methoxy groups -OCH3 is 1. The maximum Gasteiger partial charge on any atom is 0.433 e. The largest absolute Gasteiger partial charge is 0.433 e. The standard InChI is InChI=1S/C25H33F3N4O2/c1-18-10-12-32(13-11-18)24-20(6-8-22(30-24)25(26,27)28)5-7-21(33)16-19-4-9-23(29-17-19)31(2)14-15-34-3/h4,6,8-9,17-18H,5,7,10-16H2,1-3H3. The highest BCUT2D eigenvalue weighted by molar-refractivity contribution is 5.81. The van der Waals surface area contributed by atoms with E-state index in [9.17, 15) is 18.0 Å². The molecule has 0 saturated carbocycles. The number of aryl methyl sites for hydroxylation is 1. The molecule has 0 N–H and O–H groups in total. The molecule has 0 aliphatic carbocycles. The Hall–Kier alpha value is -2.68. The molecule has 0 radical (unpaired) electrons. The highest BCUT2D eigenvalue weighted by Crippen LogP contribution is 2.32. The zero-order valence-corrected chi connectivity index (χ0v) is 20.1. The molecule has 3 heterocycles. The molecule has 1 fully saturated rings. The highest BCUT2D eigenvalue weighted by atomic mass is 19.4. The van der Waals surface area contributed by atoms with Crippen LogP contribution in [0.4, 0.5) is 24.8 Å². The minimum atomic E-state index is -4.50. The first-order chi connectivity index (χ1) is 16.2. The molecule has 0 spiro atoms. The van der Waals surface area contributed by atoms with Crippen LogP contribution >= 0.6 is 0 Å². The van der Waals surface area contributed by atoms with Gasteiger partial charge in [0.25, 0.3) is 0 Å². The number of hydrogen-bond donors (Lipinski definition) is 0. The van der Waals surface area contributed by atoms with Crippen molar-refractivity contribution in [2.75, 3.05) is 50.2 Å². The van der Waals surface area contributed by atoms with E-state index in [1.807, 2.05) is 29.0 Å². The van der Waals surface area contributed by atoms with Gasteiger partial charge >= 0.3 is 6.18 Å². The van der Waals surface area contributed by atoms with Crippen molar-refractivity contribution >= 4 is 17.4 Å². The van der Waals surface area contributed by atoms with E-state index in [1.54, 1.807) is 13.3 Å². The summed E-state index contributed by atoms with van der Waals surface area (Å²) in [6, 6.07) is 6.23. The Kier molecular flexibility index (Phi) is 8.88. The van der Waals surface area contributed by atoms with Crippen molar-refractivity contribution in [1.82, 2.24) is 9.97 Å². The van der Waals surface area contributed by atoms with Crippen LogP contribution in [0.5, 0.6) is 0 Å². The van der Waals surface area contributed by atoms with Crippen molar-refractivity contribution in [2.24, 2.45) is 5.92 Å². The number of piperidine rings is 1. The van der Waals surface area contributed by atoms with E-state index in [2.05, 4.69) is 16.9 Å². The normalized spacial score (nSPS) is 14.9. The third-order valence-corrected chi connectivity index (χ3v) is 6.24. The van der Waals surface area contributed by atoms with Gasteiger partial charge in [0.15, 0.2) is 0 Å². The molecule has 2 aromatic heterocycles. The lowest BCUT2D eigenvalue weighted by Crippen LogP contribution is -2.34. The second-order valence-electron chi connectivity index (χ2n) is 9.00. The molecular formula is C25H33F3N4O2. The van der Waals surface area contributed by atoms with Gasteiger partial charge in [0.2, 0.25) is 0 Å². The molecule has 1 aliphatic heterocycles. The molecule has 2 aromatic rings. The van der Waals surface area contributed by atoms with Crippen LogP contribution in [0.2, 0.25) is 0 Å². The van der Waals surface area contributed by atoms with Crippen molar-refractivity contribution in [1.29, 1.82) is 0 Å². The predicted molar refractivity (Wildman–Crippen MR) is 126 cm³/mol. The fraction of sp³-hybridized carbons (Fsp3) is 0.560. The Morgan fingerprint density at radius 1 is 1.21 bits per heavy atom. The molecule has 3 rings (SSSR count). The van der Waals surface area contributed by atoms with Gasteiger partial charge in [-0.2, -0.15) is 13.2 Å². The molecule has 0 amide bonds. The zero-order valence-electron chi connectivity index (χ0n) is 20.1. The number of aromatic nitrogens is 2. The Morgan fingerprint density at radius 2 is 1.94 bits per heavy atom. The Labute approximate surface area is 199 Å². The molecule has 0 unspecified atom stereocenters. The first-order valence-electron chi connectivity index (χ1n) is 11.7. The average Bonchev–Trinajstić information content (AvgIpc) is 2.81. The SMILES string of the molecule is COCCN(C)c1ccc(CC(=O)CCc2ccc(C(F)(F)F)nc2N2CCC(C)CC2)cn1. The molecule has 186 valence electrons. The highest BCUT2D eigenvalue weighted by Gasteiger charge is 2.34. The topological polar surface area (TPSA) is 58.6 Å². The summed E-state index contributed by atoms with van der Waals surface area (Å²) in [5.41, 5.74) is 0.603. The van der Waals surface area contributed by atoms with Gasteiger partial charge in [0.05, 0.1) is 6.61 Å². The Balaban J connectivity index is 1.64. The van der Waals surface area contributed by atoms with E-state index in [0.29, 0.717) is 50.0 Å². The van der Waals surface area contributed by atoms with Crippen LogP contribution in [0, 0.1) is 5.92 Å². The number of ether oxygens (including phenoxy) is 1. The monoisotopic (exact) mass is 478 g/mol. The van der Waals surface area contributed by atoms with E-state index < -0.39 is 11.9 Å². The summed E-state index contributed by atoms with van der Waals surface area (Å²) in [5, 5.41) is 0. The number of anilines is 2. The number of alkyl halides is 3. The van der Waals surface area contributed by atoms with Crippen LogP contribution < -0.4 is 9.80 Å². The summed E-state index contributed by atoms with van der Waals surface area (Å²) in [4.78, 5) is 24.9. The lowest BCUT2D eigenvalue weighted by atomic mass is 9.98. The van der Waals surface area contributed by atoms with E-state index in [-0.39, 0.29) is 18.6 Å². The van der Waals surface area contributed by atoms with Crippen molar-refractivity contribution in [3.63, 3.8) is 0 Å². The quantitative estimate of drug-likeness (QED) is 0.499. The number of carbonyl (C=O) groups is 1. The molecule has 0 atom stereocenters. The number of carbonyl (C=O) groups excluding carboxylic acids is 1. The smallest absolute Gasteiger partial charge is 0.383 e. The molecular weight excluding hydrogens is 445 g/mol. The molecule has 34 heavy (non-hydrogen) atoms. The number of nitrogens with zero attached hydrogens (tertiary/aromatic N) is 4. The van der Waals surface area contributed by atoms with Crippen LogP contribution in [0.3, 0.4) is 0 Å². The number of ketones is 1. The third-order valence-electron chi connectivity index (χ3n) is 6.24. The number of halogens is 3. The van der Waals surface area contributed by atoms with Gasteiger partial charge in [-0.3, -0.25) is 4.79 Å². The predicted octanol–water partition coefficient (Wildman–Crippen LogP) is 4.56. The molecule has 1 aliphatic rings. The first kappa shape index (κ1) is 25.9. The van der Waals surface area contributed by atoms with Gasteiger partial charge in [-0.05, 0) is 48.4 Å². The van der Waals surface area contributed by atoms with E-state index in [1.165, 1.54) is 6.07 Å². The van der Waals surface area contributed by atoms with Crippen LogP contribution in [0.15, 0.2) is 30.5 Å². The second-order valence-corrected chi connectivity index (χ2v) is 9.00. The van der Waals surface area contributed by atoms with E-state index in [0.717, 1.165) is 30.3 Å². The minimum Gasteiger partial charge on any atom is -0.383 e. The summed E-state index contributed by atoms with van der Waals surface area (Å²) in [6.45, 7) is 4.80. The van der Waals surface area contributed by atoms with Gasteiger partial charge in [0.1, 0.15) is 23.1 Å². The van der Waals surface area contributed by atoms with Crippen LogP contribution in [0.1, 0.15) is 43.0 Å². The fourth-order valence-corrected chi connectivity index (χ4v) is 4.00.